The van der Waals surface area contributed by atoms with E-state index in [1.165, 1.54) is 17.9 Å². The lowest BCUT2D eigenvalue weighted by molar-refractivity contribution is 0.523. The number of hydrogen-bond acceptors (Lipinski definition) is 3. The summed E-state index contributed by atoms with van der Waals surface area (Å²) in [5, 5.41) is 4.21. The third-order valence-corrected chi connectivity index (χ3v) is 4.20. The van der Waals surface area contributed by atoms with Gasteiger partial charge in [-0.25, -0.2) is 0 Å². The second-order valence-electron chi connectivity index (χ2n) is 3.83. The highest BCUT2D eigenvalue weighted by molar-refractivity contribution is 7.99. The van der Waals surface area contributed by atoms with Crippen molar-refractivity contribution in [1.29, 1.82) is 0 Å². The summed E-state index contributed by atoms with van der Waals surface area (Å²) in [5.41, 5.74) is 1.14. The molecule has 82 valence electrons. The summed E-state index contributed by atoms with van der Waals surface area (Å²) in [6.45, 7) is 1.95. The first-order valence-electron chi connectivity index (χ1n) is 5.23. The van der Waals surface area contributed by atoms with Crippen molar-refractivity contribution >= 4 is 23.4 Å². The van der Waals surface area contributed by atoms with E-state index in [-0.39, 0.29) is 0 Å². The normalized spacial score (nSPS) is 20.7. The number of nitrogens with one attached hydrogen (secondary N) is 1. The van der Waals surface area contributed by atoms with Crippen molar-refractivity contribution < 1.29 is 0 Å². The average molecular weight is 243 g/mol. The fourth-order valence-corrected chi connectivity index (χ4v) is 3.17. The Morgan fingerprint density at radius 3 is 3.27 bits per heavy atom. The van der Waals surface area contributed by atoms with Gasteiger partial charge in [-0.1, -0.05) is 11.6 Å². The Hall–Kier alpha value is -0.250. The Bertz CT molecular complexity index is 313. The van der Waals surface area contributed by atoms with Crippen LogP contribution in [0.1, 0.15) is 12.0 Å². The third kappa shape index (κ3) is 3.37. The molecule has 1 atom stereocenters. The van der Waals surface area contributed by atoms with Gasteiger partial charge in [-0.05, 0) is 42.0 Å². The highest BCUT2D eigenvalue weighted by Crippen LogP contribution is 2.22. The minimum Gasteiger partial charge on any atom is -0.312 e. The van der Waals surface area contributed by atoms with Gasteiger partial charge in [0.1, 0.15) is 0 Å². The molecule has 1 saturated heterocycles. The van der Waals surface area contributed by atoms with Gasteiger partial charge in [0.2, 0.25) is 0 Å². The molecule has 0 radical (unpaired) electrons. The fraction of sp³-hybridized carbons (Fsp3) is 0.545. The topological polar surface area (TPSA) is 24.9 Å². The van der Waals surface area contributed by atoms with Gasteiger partial charge >= 0.3 is 0 Å². The Balaban J connectivity index is 1.75. The average Bonchev–Trinajstić information content (AvgIpc) is 2.74. The van der Waals surface area contributed by atoms with Crippen LogP contribution in [0.3, 0.4) is 0 Å². The van der Waals surface area contributed by atoms with Crippen molar-refractivity contribution in [1.82, 2.24) is 10.3 Å². The predicted molar refractivity (Wildman–Crippen MR) is 66.4 cm³/mol. The Morgan fingerprint density at radius 2 is 2.53 bits per heavy atom. The van der Waals surface area contributed by atoms with Gasteiger partial charge in [-0.2, -0.15) is 11.8 Å². The van der Waals surface area contributed by atoms with Crippen LogP contribution >= 0.6 is 23.4 Å². The minimum absolute atomic E-state index is 0.755. The Labute approximate surface area is 99.8 Å². The van der Waals surface area contributed by atoms with Crippen molar-refractivity contribution in [3.63, 3.8) is 0 Å². The maximum atomic E-state index is 6.01. The van der Waals surface area contributed by atoms with Crippen LogP contribution in [0.2, 0.25) is 5.02 Å². The lowest BCUT2D eigenvalue weighted by atomic mass is 10.1. The van der Waals surface area contributed by atoms with Crippen molar-refractivity contribution in [2.45, 2.75) is 13.0 Å². The lowest BCUT2D eigenvalue weighted by Gasteiger charge is -2.10. The number of nitrogens with zero attached hydrogens (tertiary/aromatic N) is 1. The first-order chi connectivity index (χ1) is 7.36. The van der Waals surface area contributed by atoms with Crippen LogP contribution in [0.4, 0.5) is 0 Å². The van der Waals surface area contributed by atoms with Crippen molar-refractivity contribution in [3.8, 4) is 0 Å². The summed E-state index contributed by atoms with van der Waals surface area (Å²) in [4.78, 5) is 3.97. The van der Waals surface area contributed by atoms with E-state index in [2.05, 4.69) is 22.1 Å². The zero-order valence-electron chi connectivity index (χ0n) is 8.58. The molecule has 2 heterocycles. The van der Waals surface area contributed by atoms with Crippen molar-refractivity contribution in [2.75, 3.05) is 18.1 Å². The van der Waals surface area contributed by atoms with Crippen LogP contribution in [0.15, 0.2) is 18.5 Å². The van der Waals surface area contributed by atoms with Crippen LogP contribution in [-0.2, 0) is 6.54 Å². The van der Waals surface area contributed by atoms with Gasteiger partial charge in [0.05, 0.1) is 5.02 Å². The molecule has 2 nitrogen and oxygen atoms in total. The van der Waals surface area contributed by atoms with Crippen LogP contribution in [0, 0.1) is 5.92 Å². The molecule has 2 rings (SSSR count). The highest BCUT2D eigenvalue weighted by atomic mass is 35.5. The summed E-state index contributed by atoms with van der Waals surface area (Å²) in [7, 11) is 0. The molecule has 1 aliphatic heterocycles. The van der Waals surface area contributed by atoms with E-state index in [9.17, 15) is 0 Å². The van der Waals surface area contributed by atoms with E-state index in [1.54, 1.807) is 12.4 Å². The summed E-state index contributed by atoms with van der Waals surface area (Å²) in [5.74, 6) is 3.47. The van der Waals surface area contributed by atoms with E-state index in [1.807, 2.05) is 6.07 Å². The molecule has 4 heteroatoms. The van der Waals surface area contributed by atoms with Crippen LogP contribution in [-0.4, -0.2) is 23.0 Å². The number of thioether (sulfide) groups is 1. The molecule has 1 fully saturated rings. The molecule has 0 aromatic carbocycles. The van der Waals surface area contributed by atoms with Gasteiger partial charge in [0.15, 0.2) is 0 Å². The third-order valence-electron chi connectivity index (χ3n) is 2.63. The zero-order valence-corrected chi connectivity index (χ0v) is 10.2. The summed E-state index contributed by atoms with van der Waals surface area (Å²) in [6, 6.07) is 1.97. The molecule has 1 aromatic rings. The fourth-order valence-electron chi connectivity index (χ4n) is 1.70. The Morgan fingerprint density at radius 1 is 1.60 bits per heavy atom. The molecule has 0 bridgehead atoms. The van der Waals surface area contributed by atoms with Crippen molar-refractivity contribution in [2.24, 2.45) is 5.92 Å². The first kappa shape index (κ1) is 11.2. The lowest BCUT2D eigenvalue weighted by Crippen LogP contribution is -2.22. The van der Waals surface area contributed by atoms with Crippen LogP contribution in [0.25, 0.3) is 0 Å². The van der Waals surface area contributed by atoms with E-state index >= 15 is 0 Å². The van der Waals surface area contributed by atoms with E-state index in [4.69, 9.17) is 11.6 Å². The number of halogens is 1. The number of hydrogen-bond donors (Lipinski definition) is 1. The molecule has 1 N–H and O–H groups in total. The van der Waals surface area contributed by atoms with E-state index in [0.717, 1.165) is 29.6 Å². The maximum absolute atomic E-state index is 6.01. The predicted octanol–water partition coefficient (Wildman–Crippen LogP) is 2.58. The molecule has 1 aliphatic rings. The van der Waals surface area contributed by atoms with Crippen LogP contribution in [0.5, 0.6) is 0 Å². The number of aromatic nitrogens is 1. The molecule has 0 saturated carbocycles. The van der Waals surface area contributed by atoms with E-state index < -0.39 is 0 Å². The first-order valence-corrected chi connectivity index (χ1v) is 6.76. The largest absolute Gasteiger partial charge is 0.312 e. The quantitative estimate of drug-likeness (QED) is 0.879. The maximum Gasteiger partial charge on any atom is 0.0634 e. The van der Waals surface area contributed by atoms with Crippen LogP contribution < -0.4 is 5.32 Å². The molecular formula is C11H15ClN2S. The highest BCUT2D eigenvalue weighted by Gasteiger charge is 2.14. The minimum atomic E-state index is 0.755. The molecule has 1 aromatic heterocycles. The summed E-state index contributed by atoms with van der Waals surface area (Å²) < 4.78 is 0. The second-order valence-corrected chi connectivity index (χ2v) is 5.38. The Kier molecular flexibility index (Phi) is 4.29. The summed E-state index contributed by atoms with van der Waals surface area (Å²) >= 11 is 8.07. The standard InChI is InChI=1S/C11H15ClN2S/c12-11-7-13-3-1-10(11)6-14-5-9-2-4-15-8-9/h1,3,7,9,14H,2,4-6,8H2. The summed E-state index contributed by atoms with van der Waals surface area (Å²) in [6.07, 6.45) is 4.83. The number of rotatable bonds is 4. The molecular weight excluding hydrogens is 228 g/mol. The van der Waals surface area contributed by atoms with Gasteiger partial charge in [-0.3, -0.25) is 4.98 Å². The molecule has 1 unspecified atom stereocenters. The van der Waals surface area contributed by atoms with E-state index in [0.29, 0.717) is 0 Å². The molecule has 0 spiro atoms. The number of pyridine rings is 1. The second kappa shape index (κ2) is 5.73. The SMILES string of the molecule is Clc1cnccc1CNCC1CCSC1. The molecule has 0 amide bonds. The van der Waals surface area contributed by atoms with Gasteiger partial charge in [-0.15, -0.1) is 0 Å². The smallest absolute Gasteiger partial charge is 0.0634 e. The van der Waals surface area contributed by atoms with Gasteiger partial charge < -0.3 is 5.32 Å². The molecule has 0 aliphatic carbocycles. The molecule has 15 heavy (non-hydrogen) atoms. The zero-order chi connectivity index (χ0) is 10.5. The van der Waals surface area contributed by atoms with Gasteiger partial charge in [0.25, 0.3) is 0 Å². The monoisotopic (exact) mass is 242 g/mol. The van der Waals surface area contributed by atoms with Crippen molar-refractivity contribution in [3.05, 3.63) is 29.0 Å². The van der Waals surface area contributed by atoms with Gasteiger partial charge in [0, 0.05) is 18.9 Å².